The summed E-state index contributed by atoms with van der Waals surface area (Å²) in [4.78, 5) is 14.2. The standard InChI is InChI=1S/C8H7N5O/c9-8-6(12-14)2-3-7(11-8)13-5-1-4-10-13/h1-5H,(H2,9,11). The van der Waals surface area contributed by atoms with Crippen molar-refractivity contribution in [1.29, 1.82) is 0 Å². The molecule has 0 unspecified atom stereocenters. The first-order valence-electron chi connectivity index (χ1n) is 3.91. The van der Waals surface area contributed by atoms with E-state index >= 15 is 0 Å². The van der Waals surface area contributed by atoms with Gasteiger partial charge in [-0.3, -0.25) is 0 Å². The summed E-state index contributed by atoms with van der Waals surface area (Å²) in [6, 6.07) is 4.90. The van der Waals surface area contributed by atoms with E-state index in [0.29, 0.717) is 5.82 Å². The third-order valence-electron chi connectivity index (χ3n) is 1.73. The Bertz CT molecular complexity index is 451. The van der Waals surface area contributed by atoms with E-state index in [1.807, 2.05) is 0 Å². The van der Waals surface area contributed by atoms with Gasteiger partial charge >= 0.3 is 0 Å². The van der Waals surface area contributed by atoms with Gasteiger partial charge in [0.15, 0.2) is 11.6 Å². The molecule has 2 aromatic heterocycles. The fourth-order valence-electron chi connectivity index (χ4n) is 1.07. The molecule has 0 bridgehead atoms. The number of hydrogen-bond donors (Lipinski definition) is 1. The largest absolute Gasteiger partial charge is 0.382 e. The molecule has 14 heavy (non-hydrogen) atoms. The van der Waals surface area contributed by atoms with Crippen molar-refractivity contribution >= 4 is 11.5 Å². The Morgan fingerprint density at radius 1 is 1.43 bits per heavy atom. The first-order valence-corrected chi connectivity index (χ1v) is 3.91. The maximum Gasteiger partial charge on any atom is 0.155 e. The van der Waals surface area contributed by atoms with Crippen LogP contribution in [0.5, 0.6) is 0 Å². The van der Waals surface area contributed by atoms with Gasteiger partial charge in [0.25, 0.3) is 0 Å². The third kappa shape index (κ3) is 1.33. The maximum absolute atomic E-state index is 10.2. The van der Waals surface area contributed by atoms with Crippen LogP contribution in [-0.2, 0) is 0 Å². The molecule has 2 heterocycles. The molecule has 0 aliphatic rings. The molecule has 0 spiro atoms. The molecular formula is C8H7N5O. The van der Waals surface area contributed by atoms with Gasteiger partial charge in [-0.25, -0.2) is 9.67 Å². The number of hydrogen-bond acceptors (Lipinski definition) is 5. The topological polar surface area (TPSA) is 86.2 Å². The van der Waals surface area contributed by atoms with Crippen LogP contribution in [0, 0.1) is 4.91 Å². The number of rotatable bonds is 2. The van der Waals surface area contributed by atoms with Gasteiger partial charge in [0.1, 0.15) is 5.69 Å². The highest BCUT2D eigenvalue weighted by atomic mass is 16.3. The molecule has 0 saturated carbocycles. The van der Waals surface area contributed by atoms with Crippen molar-refractivity contribution in [1.82, 2.24) is 14.8 Å². The van der Waals surface area contributed by atoms with Gasteiger partial charge in [-0.05, 0) is 23.4 Å². The summed E-state index contributed by atoms with van der Waals surface area (Å²) < 4.78 is 1.55. The Balaban J connectivity index is 2.48. The molecule has 0 fully saturated rings. The van der Waals surface area contributed by atoms with Crippen LogP contribution < -0.4 is 5.73 Å². The molecule has 70 valence electrons. The predicted octanol–water partition coefficient (Wildman–Crippen LogP) is 1.25. The van der Waals surface area contributed by atoms with E-state index in [2.05, 4.69) is 15.3 Å². The van der Waals surface area contributed by atoms with Gasteiger partial charge in [-0.1, -0.05) is 0 Å². The van der Waals surface area contributed by atoms with Gasteiger partial charge < -0.3 is 5.73 Å². The van der Waals surface area contributed by atoms with Gasteiger partial charge in [0, 0.05) is 12.4 Å². The number of nitrogen functional groups attached to an aromatic ring is 1. The van der Waals surface area contributed by atoms with Crippen molar-refractivity contribution in [2.24, 2.45) is 5.18 Å². The minimum absolute atomic E-state index is 0.105. The third-order valence-corrected chi connectivity index (χ3v) is 1.73. The second-order valence-electron chi connectivity index (χ2n) is 2.62. The van der Waals surface area contributed by atoms with Crippen LogP contribution >= 0.6 is 0 Å². The number of nitrogens with zero attached hydrogens (tertiary/aromatic N) is 4. The van der Waals surface area contributed by atoms with Gasteiger partial charge in [0.2, 0.25) is 0 Å². The molecule has 0 aliphatic heterocycles. The molecule has 0 aliphatic carbocycles. The lowest BCUT2D eigenvalue weighted by molar-refractivity contribution is 0.849. The van der Waals surface area contributed by atoms with Crippen LogP contribution in [0.3, 0.4) is 0 Å². The van der Waals surface area contributed by atoms with E-state index in [4.69, 9.17) is 5.73 Å². The van der Waals surface area contributed by atoms with Gasteiger partial charge in [-0.2, -0.15) is 5.10 Å². The Kier molecular flexibility index (Phi) is 1.94. The zero-order valence-corrected chi connectivity index (χ0v) is 7.16. The van der Waals surface area contributed by atoms with Crippen molar-refractivity contribution in [3.8, 4) is 5.82 Å². The fourth-order valence-corrected chi connectivity index (χ4v) is 1.07. The summed E-state index contributed by atoms with van der Waals surface area (Å²) in [6.45, 7) is 0. The lowest BCUT2D eigenvalue weighted by Crippen LogP contribution is -2.00. The SMILES string of the molecule is Nc1nc(-n2cccn2)ccc1N=O. The molecule has 0 atom stereocenters. The molecular weight excluding hydrogens is 182 g/mol. The van der Waals surface area contributed by atoms with Crippen LogP contribution in [0.15, 0.2) is 35.8 Å². The normalized spacial score (nSPS) is 10.0. The molecule has 0 aromatic carbocycles. The maximum atomic E-state index is 10.2. The summed E-state index contributed by atoms with van der Waals surface area (Å²) in [7, 11) is 0. The van der Waals surface area contributed by atoms with Crippen molar-refractivity contribution in [3.63, 3.8) is 0 Å². The van der Waals surface area contributed by atoms with Crippen LogP contribution in [0.25, 0.3) is 5.82 Å². The van der Waals surface area contributed by atoms with Gasteiger partial charge in [-0.15, -0.1) is 4.91 Å². The second kappa shape index (κ2) is 3.25. The second-order valence-corrected chi connectivity index (χ2v) is 2.62. The average molecular weight is 189 g/mol. The minimum Gasteiger partial charge on any atom is -0.382 e. The summed E-state index contributed by atoms with van der Waals surface area (Å²) in [5, 5.41) is 6.70. The molecule has 2 aromatic rings. The smallest absolute Gasteiger partial charge is 0.155 e. The highest BCUT2D eigenvalue weighted by Crippen LogP contribution is 2.20. The van der Waals surface area contributed by atoms with Crippen molar-refractivity contribution in [2.45, 2.75) is 0 Å². The zero-order chi connectivity index (χ0) is 9.97. The van der Waals surface area contributed by atoms with Crippen molar-refractivity contribution < 1.29 is 0 Å². The van der Waals surface area contributed by atoms with E-state index in [0.717, 1.165) is 0 Å². The summed E-state index contributed by atoms with van der Waals surface area (Å²) in [5.74, 6) is 0.660. The molecule has 0 radical (unpaired) electrons. The lowest BCUT2D eigenvalue weighted by Gasteiger charge is -2.01. The van der Waals surface area contributed by atoms with Crippen LogP contribution in [-0.4, -0.2) is 14.8 Å². The summed E-state index contributed by atoms with van der Waals surface area (Å²) in [5.41, 5.74) is 5.63. The van der Waals surface area contributed by atoms with Crippen LogP contribution in [0.2, 0.25) is 0 Å². The quantitative estimate of drug-likeness (QED) is 0.720. The molecule has 6 heteroatoms. The Hall–Kier alpha value is -2.24. The van der Waals surface area contributed by atoms with Crippen LogP contribution in [0.4, 0.5) is 11.5 Å². The Morgan fingerprint density at radius 2 is 2.29 bits per heavy atom. The summed E-state index contributed by atoms with van der Waals surface area (Å²) >= 11 is 0. The molecule has 6 nitrogen and oxygen atoms in total. The van der Waals surface area contributed by atoms with E-state index in [9.17, 15) is 4.91 Å². The Morgan fingerprint density at radius 3 is 2.86 bits per heavy atom. The van der Waals surface area contributed by atoms with E-state index in [1.54, 1.807) is 29.2 Å². The van der Waals surface area contributed by atoms with Crippen LogP contribution in [0.1, 0.15) is 0 Å². The van der Waals surface area contributed by atoms with E-state index < -0.39 is 0 Å². The molecule has 0 saturated heterocycles. The van der Waals surface area contributed by atoms with E-state index in [1.165, 1.54) is 6.07 Å². The van der Waals surface area contributed by atoms with Crippen molar-refractivity contribution in [3.05, 3.63) is 35.5 Å². The summed E-state index contributed by atoms with van der Waals surface area (Å²) in [6.07, 6.45) is 3.36. The monoisotopic (exact) mass is 189 g/mol. The van der Waals surface area contributed by atoms with Crippen molar-refractivity contribution in [2.75, 3.05) is 5.73 Å². The first kappa shape index (κ1) is 8.36. The Labute approximate surface area is 79.4 Å². The number of anilines is 1. The highest BCUT2D eigenvalue weighted by Gasteiger charge is 2.03. The first-order chi connectivity index (χ1) is 6.81. The molecule has 0 amide bonds. The number of nitroso groups, excluding NO2 is 1. The minimum atomic E-state index is 0.105. The lowest BCUT2D eigenvalue weighted by atomic mass is 10.4. The fraction of sp³-hybridized carbons (Fsp3) is 0. The van der Waals surface area contributed by atoms with Gasteiger partial charge in [0.05, 0.1) is 0 Å². The number of aromatic nitrogens is 3. The van der Waals surface area contributed by atoms with E-state index in [-0.39, 0.29) is 11.5 Å². The average Bonchev–Trinajstić information content (AvgIpc) is 2.70. The predicted molar refractivity (Wildman–Crippen MR) is 51.2 cm³/mol. The number of pyridine rings is 1. The number of nitrogens with two attached hydrogens (primary N) is 1. The zero-order valence-electron chi connectivity index (χ0n) is 7.16. The molecule has 2 N–H and O–H groups in total. The molecule has 2 rings (SSSR count). The highest BCUT2D eigenvalue weighted by molar-refractivity contribution is 5.58.